The van der Waals surface area contributed by atoms with Crippen molar-refractivity contribution in [3.63, 3.8) is 0 Å². The number of methoxy groups -OCH3 is 1. The Morgan fingerprint density at radius 1 is 0.538 bits per heavy atom. The van der Waals surface area contributed by atoms with E-state index in [1.807, 2.05) is 32.3 Å². The Balaban J connectivity index is 0.000000164. The van der Waals surface area contributed by atoms with Crippen molar-refractivity contribution in [2.75, 3.05) is 45.1 Å². The van der Waals surface area contributed by atoms with E-state index in [-0.39, 0.29) is 5.97 Å². The van der Waals surface area contributed by atoms with Crippen LogP contribution in [0, 0.1) is 0 Å². The van der Waals surface area contributed by atoms with E-state index in [0.717, 1.165) is 35.3 Å². The lowest BCUT2D eigenvalue weighted by molar-refractivity contribution is 0.0598. The molecule has 0 bridgehead atoms. The molecule has 0 radical (unpaired) electrons. The van der Waals surface area contributed by atoms with Crippen LogP contribution in [-0.4, -0.2) is 61.5 Å². The van der Waals surface area contributed by atoms with Gasteiger partial charge in [0.2, 0.25) is 0 Å². The van der Waals surface area contributed by atoms with Gasteiger partial charge in [-0.1, -0.05) is 60.7 Å². The number of benzene rings is 6. The van der Waals surface area contributed by atoms with E-state index in [9.17, 15) is 14.7 Å². The number of rotatable bonds is 14. The zero-order chi connectivity index (χ0) is 45.2. The first kappa shape index (κ1) is 43.2. The van der Waals surface area contributed by atoms with Crippen LogP contribution in [0.15, 0.2) is 146 Å². The highest BCUT2D eigenvalue weighted by atomic mass is 16.5. The Morgan fingerprint density at radius 3 is 1.35 bits per heavy atom. The van der Waals surface area contributed by atoms with Crippen LogP contribution in [0.1, 0.15) is 103 Å². The van der Waals surface area contributed by atoms with Crippen LogP contribution in [-0.2, 0) is 30.7 Å². The first-order chi connectivity index (χ1) is 31.5. The first-order valence-corrected chi connectivity index (χ1v) is 22.7. The second kappa shape index (κ2) is 18.6. The number of carboxylic acids is 1. The summed E-state index contributed by atoms with van der Waals surface area (Å²) in [6.07, 6.45) is 10.4. The van der Waals surface area contributed by atoms with Gasteiger partial charge in [-0.15, -0.1) is 0 Å². The third-order valence-electron chi connectivity index (χ3n) is 13.1. The molecule has 0 spiro atoms. The van der Waals surface area contributed by atoms with Crippen LogP contribution in [0.3, 0.4) is 0 Å². The fourth-order valence-corrected chi connectivity index (χ4v) is 8.96. The molecule has 2 fully saturated rings. The zero-order valence-electron chi connectivity index (χ0n) is 38.1. The van der Waals surface area contributed by atoms with E-state index in [1.165, 1.54) is 88.2 Å². The molecule has 2 aromatic heterocycles. The predicted molar refractivity (Wildman–Crippen MR) is 264 cm³/mol. The number of aromatic carboxylic acids is 1. The molecule has 8 aromatic rings. The number of fused-ring (bicyclic) bond motifs is 2. The number of aromatic nitrogens is 2. The largest absolute Gasteiger partial charge is 0.478 e. The Bertz CT molecular complexity index is 2990. The van der Waals surface area contributed by atoms with Crippen LogP contribution in [0.2, 0.25) is 0 Å². The summed E-state index contributed by atoms with van der Waals surface area (Å²) in [7, 11) is 9.67. The van der Waals surface area contributed by atoms with E-state index in [0.29, 0.717) is 35.8 Å². The van der Waals surface area contributed by atoms with E-state index < -0.39 is 5.97 Å². The van der Waals surface area contributed by atoms with Crippen molar-refractivity contribution in [1.82, 2.24) is 9.13 Å². The second-order valence-corrected chi connectivity index (χ2v) is 18.3. The maximum absolute atomic E-state index is 12.4. The van der Waals surface area contributed by atoms with Gasteiger partial charge in [0, 0.05) is 76.1 Å². The van der Waals surface area contributed by atoms with Crippen LogP contribution >= 0.6 is 0 Å². The number of carbonyl (C=O) groups is 2. The fourth-order valence-electron chi connectivity index (χ4n) is 8.96. The summed E-state index contributed by atoms with van der Waals surface area (Å²) >= 11 is 0. The minimum absolute atomic E-state index is 0.250. The number of anilines is 2. The Labute approximate surface area is 382 Å². The molecule has 2 heterocycles. The van der Waals surface area contributed by atoms with E-state index in [4.69, 9.17) is 4.74 Å². The van der Waals surface area contributed by atoms with Crippen molar-refractivity contribution in [3.05, 3.63) is 201 Å². The normalized spacial score (nSPS) is 13.4. The van der Waals surface area contributed by atoms with E-state index in [2.05, 4.69) is 161 Å². The molecule has 0 atom stereocenters. The van der Waals surface area contributed by atoms with E-state index >= 15 is 0 Å². The quantitative estimate of drug-likeness (QED) is 0.110. The van der Waals surface area contributed by atoms with Gasteiger partial charge in [0.15, 0.2) is 0 Å². The lowest BCUT2D eigenvalue weighted by atomic mass is 9.96. The van der Waals surface area contributed by atoms with Gasteiger partial charge in [0.1, 0.15) is 0 Å². The molecule has 0 unspecified atom stereocenters. The van der Waals surface area contributed by atoms with Gasteiger partial charge in [-0.25, -0.2) is 9.59 Å². The summed E-state index contributed by atoms with van der Waals surface area (Å²) in [6.45, 7) is 1.66. The molecule has 330 valence electrons. The SMILES string of the molecule is CN(C)c1ccc(Cn2ccc3cc(Cc4ccc(C5CC5)cc4C(=O)O)ccc32)cc1.COC(=O)c1cc(C2CC2)ccc1Cc1ccc2c(ccn2Cc2ccc(N(C)C)cc2)c1. The number of hydrogen-bond donors (Lipinski definition) is 1. The summed E-state index contributed by atoms with van der Waals surface area (Å²) in [5.74, 6) is 0.0741. The zero-order valence-corrected chi connectivity index (χ0v) is 38.1. The minimum atomic E-state index is -0.838. The minimum Gasteiger partial charge on any atom is -0.478 e. The highest BCUT2D eigenvalue weighted by Gasteiger charge is 2.26. The highest BCUT2D eigenvalue weighted by molar-refractivity contribution is 5.92. The van der Waals surface area contributed by atoms with Crippen LogP contribution < -0.4 is 9.80 Å². The molecule has 0 amide bonds. The van der Waals surface area contributed by atoms with Crippen molar-refractivity contribution in [2.45, 2.75) is 63.5 Å². The molecule has 6 aromatic carbocycles. The summed E-state index contributed by atoms with van der Waals surface area (Å²) in [5, 5.41) is 12.1. The van der Waals surface area contributed by atoms with Gasteiger partial charge in [-0.2, -0.15) is 0 Å². The molecular formula is C57H58N4O4. The van der Waals surface area contributed by atoms with Crippen molar-refractivity contribution in [2.24, 2.45) is 0 Å². The van der Waals surface area contributed by atoms with Gasteiger partial charge >= 0.3 is 11.9 Å². The van der Waals surface area contributed by atoms with Gasteiger partial charge in [-0.05, 0) is 178 Å². The second-order valence-electron chi connectivity index (χ2n) is 18.3. The summed E-state index contributed by atoms with van der Waals surface area (Å²) < 4.78 is 9.62. The smallest absolute Gasteiger partial charge is 0.338 e. The monoisotopic (exact) mass is 862 g/mol. The first-order valence-electron chi connectivity index (χ1n) is 22.7. The molecule has 1 N–H and O–H groups in total. The fraction of sp³-hybridized carbons (Fsp3) is 0.263. The lowest BCUT2D eigenvalue weighted by Crippen LogP contribution is -2.08. The predicted octanol–water partition coefficient (Wildman–Crippen LogP) is 11.9. The van der Waals surface area contributed by atoms with Crippen molar-refractivity contribution >= 4 is 45.1 Å². The maximum atomic E-state index is 12.4. The molecule has 2 aliphatic rings. The van der Waals surface area contributed by atoms with Crippen molar-refractivity contribution in [1.29, 1.82) is 0 Å². The molecule has 8 heteroatoms. The topological polar surface area (TPSA) is 79.9 Å². The van der Waals surface area contributed by atoms with Crippen LogP contribution in [0.4, 0.5) is 11.4 Å². The number of carboxylic acid groups (broad SMARTS) is 1. The number of ether oxygens (including phenoxy) is 1. The highest BCUT2D eigenvalue weighted by Crippen LogP contribution is 2.42. The molecular weight excluding hydrogens is 805 g/mol. The number of nitrogens with zero attached hydrogens (tertiary/aromatic N) is 4. The molecule has 0 saturated heterocycles. The number of hydrogen-bond acceptors (Lipinski definition) is 5. The standard InChI is InChI=1S/C29H30N2O2.C28H28N2O2/c1-30(2)26-11-4-20(5-12-26)19-31-15-14-25-17-21(6-13-28(25)31)16-24-10-9-23(22-7-8-22)18-27(24)29(32)33-3;1-29(2)25-10-3-19(4-11-25)18-30-14-13-24-16-20(5-12-27(24)30)15-23-9-8-22(21-6-7-21)17-26(23)28(31)32/h4-6,9-15,17-18,22H,7-8,16,19H2,1-3H3;3-5,8-14,16-17,21H,6-7,15,18H2,1-2H3,(H,31,32). The molecule has 2 aliphatic carbocycles. The molecule has 65 heavy (non-hydrogen) atoms. The number of esters is 1. The molecule has 8 nitrogen and oxygen atoms in total. The van der Waals surface area contributed by atoms with Crippen LogP contribution in [0.5, 0.6) is 0 Å². The molecule has 10 rings (SSSR count). The number of carbonyl (C=O) groups excluding carboxylic acids is 1. The third-order valence-corrected chi connectivity index (χ3v) is 13.1. The van der Waals surface area contributed by atoms with Gasteiger partial charge in [-0.3, -0.25) is 0 Å². The van der Waals surface area contributed by atoms with E-state index in [1.54, 1.807) is 0 Å². The average Bonchev–Trinajstić information content (AvgIpc) is 4.26. The molecule has 2 saturated carbocycles. The van der Waals surface area contributed by atoms with Gasteiger partial charge < -0.3 is 28.8 Å². The van der Waals surface area contributed by atoms with Gasteiger partial charge in [0.25, 0.3) is 0 Å². The third kappa shape index (κ3) is 10.0. The summed E-state index contributed by atoms with van der Waals surface area (Å²) in [6, 6.07) is 47.0. The van der Waals surface area contributed by atoms with Crippen molar-refractivity contribution in [3.8, 4) is 0 Å². The summed E-state index contributed by atoms with van der Waals surface area (Å²) in [5.41, 5.74) is 15.1. The van der Waals surface area contributed by atoms with Gasteiger partial charge in [0.05, 0.1) is 18.2 Å². The Kier molecular flexibility index (Phi) is 12.3. The Morgan fingerprint density at radius 2 is 0.954 bits per heavy atom. The van der Waals surface area contributed by atoms with Crippen LogP contribution in [0.25, 0.3) is 21.8 Å². The molecule has 0 aliphatic heterocycles. The Hall–Kier alpha value is -7.06. The lowest BCUT2D eigenvalue weighted by Gasteiger charge is -2.13. The summed E-state index contributed by atoms with van der Waals surface area (Å²) in [4.78, 5) is 28.5. The maximum Gasteiger partial charge on any atom is 0.338 e. The van der Waals surface area contributed by atoms with Crippen molar-refractivity contribution < 1.29 is 19.4 Å². The average molecular weight is 863 g/mol.